The summed E-state index contributed by atoms with van der Waals surface area (Å²) in [6.07, 6.45) is 2.04. The van der Waals surface area contributed by atoms with Crippen LogP contribution in [0, 0.1) is 24.0 Å². The number of aromatic nitrogens is 1. The average Bonchev–Trinajstić information content (AvgIpc) is 2.85. The lowest BCUT2D eigenvalue weighted by molar-refractivity contribution is -0.385. The minimum absolute atomic E-state index is 0.181. The molecule has 0 radical (unpaired) electrons. The van der Waals surface area contributed by atoms with Crippen LogP contribution in [0.3, 0.4) is 0 Å². The van der Waals surface area contributed by atoms with E-state index in [1.807, 2.05) is 25.3 Å². The molecule has 0 saturated heterocycles. The van der Waals surface area contributed by atoms with E-state index in [1.54, 1.807) is 12.1 Å². The van der Waals surface area contributed by atoms with E-state index < -0.39 is 0 Å². The number of nitro benzene ring substituents is 1. The van der Waals surface area contributed by atoms with E-state index in [1.165, 1.54) is 10.9 Å². The second kappa shape index (κ2) is 5.05. The molecule has 4 heteroatoms. The lowest BCUT2D eigenvalue weighted by Crippen LogP contribution is -2.02. The van der Waals surface area contributed by atoms with Crippen molar-refractivity contribution in [2.75, 3.05) is 0 Å². The maximum atomic E-state index is 11.0. The van der Waals surface area contributed by atoms with Crippen LogP contribution in [-0.2, 0) is 6.54 Å². The van der Waals surface area contributed by atoms with Crippen LogP contribution in [0.1, 0.15) is 16.7 Å². The Bertz CT molecular complexity index is 834. The lowest BCUT2D eigenvalue weighted by atomic mass is 10.1. The monoisotopic (exact) mass is 280 g/mol. The van der Waals surface area contributed by atoms with Crippen molar-refractivity contribution in [1.29, 1.82) is 0 Å². The van der Waals surface area contributed by atoms with Gasteiger partial charge in [0.15, 0.2) is 0 Å². The molecule has 0 N–H and O–H groups in total. The van der Waals surface area contributed by atoms with Gasteiger partial charge in [0.25, 0.3) is 5.69 Å². The Hall–Kier alpha value is -2.62. The van der Waals surface area contributed by atoms with Crippen molar-refractivity contribution in [2.45, 2.75) is 20.4 Å². The van der Waals surface area contributed by atoms with Gasteiger partial charge in [-0.15, -0.1) is 0 Å². The highest BCUT2D eigenvalue weighted by atomic mass is 16.6. The minimum Gasteiger partial charge on any atom is -0.343 e. The molecule has 4 nitrogen and oxygen atoms in total. The zero-order valence-electron chi connectivity index (χ0n) is 12.0. The Morgan fingerprint density at radius 1 is 1.10 bits per heavy atom. The first-order valence-electron chi connectivity index (χ1n) is 6.85. The number of aryl methyl sites for hydroxylation is 1. The van der Waals surface area contributed by atoms with Crippen LogP contribution >= 0.6 is 0 Å². The molecule has 0 bridgehead atoms. The number of nitrogens with zero attached hydrogens (tertiary/aromatic N) is 2. The molecule has 0 aliphatic carbocycles. The molecular weight excluding hydrogens is 264 g/mol. The van der Waals surface area contributed by atoms with Gasteiger partial charge in [-0.2, -0.15) is 0 Å². The number of rotatable bonds is 3. The largest absolute Gasteiger partial charge is 0.343 e. The molecule has 1 aromatic heterocycles. The van der Waals surface area contributed by atoms with Crippen molar-refractivity contribution >= 4 is 16.6 Å². The zero-order chi connectivity index (χ0) is 15.0. The second-order valence-electron chi connectivity index (χ2n) is 5.27. The van der Waals surface area contributed by atoms with Crippen molar-refractivity contribution < 1.29 is 4.92 Å². The van der Waals surface area contributed by atoms with Crippen LogP contribution in [0.5, 0.6) is 0 Å². The number of hydrogen-bond donors (Lipinski definition) is 0. The predicted molar refractivity (Wildman–Crippen MR) is 83.6 cm³/mol. The molecule has 0 spiro atoms. The van der Waals surface area contributed by atoms with Gasteiger partial charge in [-0.1, -0.05) is 24.3 Å². The molecule has 0 saturated carbocycles. The molecule has 0 aliphatic heterocycles. The molecule has 3 rings (SSSR count). The third-order valence-corrected chi connectivity index (χ3v) is 3.99. The molecule has 0 atom stereocenters. The van der Waals surface area contributed by atoms with E-state index in [9.17, 15) is 10.1 Å². The number of fused-ring (bicyclic) bond motifs is 1. The Morgan fingerprint density at radius 2 is 1.86 bits per heavy atom. The summed E-state index contributed by atoms with van der Waals surface area (Å²) in [6, 6.07) is 13.5. The predicted octanol–water partition coefficient (Wildman–Crippen LogP) is 4.21. The minimum atomic E-state index is -0.323. The van der Waals surface area contributed by atoms with Crippen molar-refractivity contribution in [3.8, 4) is 0 Å². The lowest BCUT2D eigenvalue weighted by Gasteiger charge is -2.09. The first-order valence-corrected chi connectivity index (χ1v) is 6.85. The highest BCUT2D eigenvalue weighted by Crippen LogP contribution is 2.25. The fourth-order valence-corrected chi connectivity index (χ4v) is 2.74. The van der Waals surface area contributed by atoms with Crippen molar-refractivity contribution in [3.63, 3.8) is 0 Å². The van der Waals surface area contributed by atoms with E-state index in [0.29, 0.717) is 6.54 Å². The van der Waals surface area contributed by atoms with Crippen molar-refractivity contribution in [2.24, 2.45) is 0 Å². The van der Waals surface area contributed by atoms with Gasteiger partial charge >= 0.3 is 0 Å². The quantitative estimate of drug-likeness (QED) is 0.533. The standard InChI is InChI=1S/C17H16N2O2/c1-12-5-3-8-17-15(12)9-10-18(17)11-14-6-4-7-16(13(14)2)19(20)21/h3-10H,11H2,1-2H3. The van der Waals surface area contributed by atoms with Crippen LogP contribution in [0.2, 0.25) is 0 Å². The number of benzene rings is 2. The van der Waals surface area contributed by atoms with E-state index in [2.05, 4.69) is 29.7 Å². The number of nitro groups is 1. The maximum absolute atomic E-state index is 11.0. The van der Waals surface area contributed by atoms with E-state index in [-0.39, 0.29) is 10.6 Å². The van der Waals surface area contributed by atoms with Gasteiger partial charge in [-0.25, -0.2) is 0 Å². The van der Waals surface area contributed by atoms with Crippen LogP contribution in [0.4, 0.5) is 5.69 Å². The summed E-state index contributed by atoms with van der Waals surface area (Å²) in [5.74, 6) is 0. The first-order chi connectivity index (χ1) is 10.1. The Morgan fingerprint density at radius 3 is 2.62 bits per heavy atom. The smallest absolute Gasteiger partial charge is 0.272 e. The van der Waals surface area contributed by atoms with Gasteiger partial charge < -0.3 is 4.57 Å². The van der Waals surface area contributed by atoms with Crippen LogP contribution in [0.15, 0.2) is 48.7 Å². The summed E-state index contributed by atoms with van der Waals surface area (Å²) in [7, 11) is 0. The fourth-order valence-electron chi connectivity index (χ4n) is 2.74. The summed E-state index contributed by atoms with van der Waals surface area (Å²) in [6.45, 7) is 4.54. The normalized spacial score (nSPS) is 11.0. The molecular formula is C17H16N2O2. The molecule has 0 unspecified atom stereocenters. The highest BCUT2D eigenvalue weighted by molar-refractivity contribution is 5.83. The summed E-state index contributed by atoms with van der Waals surface area (Å²) < 4.78 is 2.13. The molecule has 106 valence electrons. The first kappa shape index (κ1) is 13.4. The van der Waals surface area contributed by atoms with Crippen LogP contribution < -0.4 is 0 Å². The summed E-state index contributed by atoms with van der Waals surface area (Å²) in [5, 5.41) is 12.3. The second-order valence-corrected chi connectivity index (χ2v) is 5.27. The maximum Gasteiger partial charge on any atom is 0.272 e. The molecule has 0 amide bonds. The summed E-state index contributed by atoms with van der Waals surface area (Å²) in [5.41, 5.74) is 4.28. The average molecular weight is 280 g/mol. The molecule has 2 aromatic carbocycles. The van der Waals surface area contributed by atoms with Crippen LogP contribution in [0.25, 0.3) is 10.9 Å². The molecule has 0 aliphatic rings. The Labute approximate surface area is 122 Å². The van der Waals surface area contributed by atoms with Crippen molar-refractivity contribution in [1.82, 2.24) is 4.57 Å². The van der Waals surface area contributed by atoms with Gasteiger partial charge in [-0.05, 0) is 37.1 Å². The van der Waals surface area contributed by atoms with E-state index >= 15 is 0 Å². The van der Waals surface area contributed by atoms with Gasteiger partial charge in [0.05, 0.1) is 4.92 Å². The third kappa shape index (κ3) is 2.29. The zero-order valence-corrected chi connectivity index (χ0v) is 12.0. The topological polar surface area (TPSA) is 48.1 Å². The summed E-state index contributed by atoms with van der Waals surface area (Å²) >= 11 is 0. The van der Waals surface area contributed by atoms with Gasteiger partial charge in [0.2, 0.25) is 0 Å². The van der Waals surface area contributed by atoms with E-state index in [0.717, 1.165) is 16.6 Å². The highest BCUT2D eigenvalue weighted by Gasteiger charge is 2.13. The molecule has 21 heavy (non-hydrogen) atoms. The third-order valence-electron chi connectivity index (χ3n) is 3.99. The molecule has 1 heterocycles. The van der Waals surface area contributed by atoms with Gasteiger partial charge in [0.1, 0.15) is 0 Å². The fraction of sp³-hybridized carbons (Fsp3) is 0.176. The molecule has 3 aromatic rings. The van der Waals surface area contributed by atoms with Gasteiger partial charge in [0, 0.05) is 35.3 Å². The number of hydrogen-bond acceptors (Lipinski definition) is 2. The van der Waals surface area contributed by atoms with E-state index in [4.69, 9.17) is 0 Å². The summed E-state index contributed by atoms with van der Waals surface area (Å²) in [4.78, 5) is 10.7. The molecule has 0 fully saturated rings. The van der Waals surface area contributed by atoms with Crippen LogP contribution in [-0.4, -0.2) is 9.49 Å². The Balaban J connectivity index is 2.05. The van der Waals surface area contributed by atoms with Crippen molar-refractivity contribution in [3.05, 3.63) is 75.5 Å². The SMILES string of the molecule is Cc1c(Cn2ccc3c(C)cccc32)cccc1[N+](=O)[O-]. The Kier molecular flexibility index (Phi) is 3.22. The van der Waals surface area contributed by atoms with Gasteiger partial charge in [-0.3, -0.25) is 10.1 Å².